The number of hydrogen-bond donors (Lipinski definition) is 1. The van der Waals surface area contributed by atoms with Crippen molar-refractivity contribution in [2.75, 3.05) is 19.6 Å². The lowest BCUT2D eigenvalue weighted by atomic mass is 9.92. The Balaban J connectivity index is 2.09. The average molecular weight is 264 g/mol. The zero-order valence-corrected chi connectivity index (χ0v) is 12.0. The quantitative estimate of drug-likeness (QED) is 0.904. The summed E-state index contributed by atoms with van der Waals surface area (Å²) in [6, 6.07) is 5.62. The molecule has 0 bridgehead atoms. The Labute approximate surface area is 115 Å². The van der Waals surface area contributed by atoms with Crippen molar-refractivity contribution >= 4 is 0 Å². The van der Waals surface area contributed by atoms with E-state index < -0.39 is 0 Å². The summed E-state index contributed by atoms with van der Waals surface area (Å²) >= 11 is 0. The first kappa shape index (κ1) is 14.5. The molecule has 0 aromatic heterocycles. The zero-order valence-electron chi connectivity index (χ0n) is 12.0. The molecule has 1 fully saturated rings. The van der Waals surface area contributed by atoms with Crippen molar-refractivity contribution < 1.29 is 4.39 Å². The van der Waals surface area contributed by atoms with Gasteiger partial charge in [-0.25, -0.2) is 4.39 Å². The van der Waals surface area contributed by atoms with E-state index in [1.165, 1.54) is 19.3 Å². The molecule has 0 saturated carbocycles. The van der Waals surface area contributed by atoms with Crippen LogP contribution in [0.25, 0.3) is 0 Å². The van der Waals surface area contributed by atoms with E-state index in [4.69, 9.17) is 5.73 Å². The SMILES string of the molecule is CCC1CCN(C(CN)c2ccc(F)c(C)c2)CC1. The van der Waals surface area contributed by atoms with Crippen LogP contribution >= 0.6 is 0 Å². The summed E-state index contributed by atoms with van der Waals surface area (Å²) in [5.74, 6) is 0.730. The van der Waals surface area contributed by atoms with E-state index >= 15 is 0 Å². The van der Waals surface area contributed by atoms with Crippen LogP contribution in [0.2, 0.25) is 0 Å². The maximum atomic E-state index is 13.4. The molecular weight excluding hydrogens is 239 g/mol. The molecule has 0 spiro atoms. The van der Waals surface area contributed by atoms with Crippen LogP contribution < -0.4 is 5.73 Å². The van der Waals surface area contributed by atoms with Crippen LogP contribution in [0.3, 0.4) is 0 Å². The summed E-state index contributed by atoms with van der Waals surface area (Å²) in [6.07, 6.45) is 3.79. The highest BCUT2D eigenvalue weighted by Crippen LogP contribution is 2.28. The Morgan fingerprint density at radius 2 is 2.05 bits per heavy atom. The van der Waals surface area contributed by atoms with Crippen LogP contribution in [0.15, 0.2) is 18.2 Å². The molecule has 1 aromatic rings. The summed E-state index contributed by atoms with van der Waals surface area (Å²) in [6.45, 7) is 6.90. The fraction of sp³-hybridized carbons (Fsp3) is 0.625. The summed E-state index contributed by atoms with van der Waals surface area (Å²) in [5, 5.41) is 0. The van der Waals surface area contributed by atoms with E-state index in [1.54, 1.807) is 6.07 Å². The van der Waals surface area contributed by atoms with Gasteiger partial charge in [0.05, 0.1) is 0 Å². The molecule has 1 saturated heterocycles. The van der Waals surface area contributed by atoms with Crippen molar-refractivity contribution in [2.45, 2.75) is 39.2 Å². The third-order valence-electron chi connectivity index (χ3n) is 4.46. The first-order chi connectivity index (χ1) is 9.15. The van der Waals surface area contributed by atoms with E-state index in [1.807, 2.05) is 19.1 Å². The van der Waals surface area contributed by atoms with Crippen molar-refractivity contribution in [2.24, 2.45) is 11.7 Å². The molecule has 3 heteroatoms. The van der Waals surface area contributed by atoms with Crippen LogP contribution in [0, 0.1) is 18.7 Å². The van der Waals surface area contributed by atoms with Gasteiger partial charge in [-0.3, -0.25) is 4.90 Å². The molecule has 1 atom stereocenters. The van der Waals surface area contributed by atoms with Crippen molar-refractivity contribution in [1.29, 1.82) is 0 Å². The van der Waals surface area contributed by atoms with Gasteiger partial charge in [-0.15, -0.1) is 0 Å². The number of nitrogens with two attached hydrogens (primary N) is 1. The highest BCUT2D eigenvalue weighted by Gasteiger charge is 2.24. The van der Waals surface area contributed by atoms with E-state index in [9.17, 15) is 4.39 Å². The maximum Gasteiger partial charge on any atom is 0.126 e. The standard InChI is InChI=1S/C16H25FN2/c1-3-13-6-8-19(9-7-13)16(11-18)14-4-5-15(17)12(2)10-14/h4-5,10,13,16H,3,6-9,11,18H2,1-2H3. The number of aryl methyl sites for hydroxylation is 1. The molecule has 0 amide bonds. The molecule has 0 aliphatic carbocycles. The molecule has 0 radical (unpaired) electrons. The molecule has 2 nitrogen and oxygen atoms in total. The lowest BCUT2D eigenvalue weighted by Gasteiger charge is -2.37. The molecule has 1 unspecified atom stereocenters. The summed E-state index contributed by atoms with van der Waals surface area (Å²) < 4.78 is 13.4. The third kappa shape index (κ3) is 3.34. The van der Waals surface area contributed by atoms with Crippen LogP contribution in [-0.4, -0.2) is 24.5 Å². The molecule has 1 heterocycles. The Morgan fingerprint density at radius 1 is 1.37 bits per heavy atom. The van der Waals surface area contributed by atoms with Gasteiger partial charge < -0.3 is 5.73 Å². The van der Waals surface area contributed by atoms with Gasteiger partial charge in [0.2, 0.25) is 0 Å². The lowest BCUT2D eigenvalue weighted by molar-refractivity contribution is 0.134. The second kappa shape index (κ2) is 6.49. The van der Waals surface area contributed by atoms with Crippen LogP contribution in [0.4, 0.5) is 4.39 Å². The number of halogens is 1. The maximum absolute atomic E-state index is 13.4. The minimum absolute atomic E-state index is 0.135. The number of piperidine rings is 1. The summed E-state index contributed by atoms with van der Waals surface area (Å²) in [4.78, 5) is 2.46. The number of rotatable bonds is 4. The highest BCUT2D eigenvalue weighted by atomic mass is 19.1. The van der Waals surface area contributed by atoms with E-state index in [2.05, 4.69) is 11.8 Å². The first-order valence-corrected chi connectivity index (χ1v) is 7.35. The molecule has 1 aliphatic rings. The molecule has 1 aliphatic heterocycles. The van der Waals surface area contributed by atoms with E-state index in [-0.39, 0.29) is 11.9 Å². The second-order valence-corrected chi connectivity index (χ2v) is 5.65. The molecular formula is C16H25FN2. The third-order valence-corrected chi connectivity index (χ3v) is 4.46. The summed E-state index contributed by atoms with van der Waals surface area (Å²) in [7, 11) is 0. The van der Waals surface area contributed by atoms with Gasteiger partial charge >= 0.3 is 0 Å². The predicted octanol–water partition coefficient (Wildman–Crippen LogP) is 3.26. The van der Waals surface area contributed by atoms with Crippen molar-refractivity contribution in [3.8, 4) is 0 Å². The van der Waals surface area contributed by atoms with Crippen LogP contribution in [0.1, 0.15) is 43.4 Å². The Hall–Kier alpha value is -0.930. The number of benzene rings is 1. The summed E-state index contributed by atoms with van der Waals surface area (Å²) in [5.41, 5.74) is 7.81. The van der Waals surface area contributed by atoms with Gasteiger partial charge in [-0.2, -0.15) is 0 Å². The van der Waals surface area contributed by atoms with Crippen molar-refractivity contribution in [1.82, 2.24) is 4.90 Å². The number of nitrogens with zero attached hydrogens (tertiary/aromatic N) is 1. The Kier molecular flexibility index (Phi) is 4.94. The van der Waals surface area contributed by atoms with Gasteiger partial charge in [-0.05, 0) is 56.0 Å². The Morgan fingerprint density at radius 3 is 2.58 bits per heavy atom. The largest absolute Gasteiger partial charge is 0.329 e. The second-order valence-electron chi connectivity index (χ2n) is 5.65. The van der Waals surface area contributed by atoms with Crippen molar-refractivity contribution in [3.05, 3.63) is 35.1 Å². The normalized spacial score (nSPS) is 19.6. The minimum Gasteiger partial charge on any atom is -0.329 e. The van der Waals surface area contributed by atoms with Crippen LogP contribution in [-0.2, 0) is 0 Å². The van der Waals surface area contributed by atoms with Crippen molar-refractivity contribution in [3.63, 3.8) is 0 Å². The molecule has 2 N–H and O–H groups in total. The molecule has 2 rings (SSSR count). The molecule has 106 valence electrons. The first-order valence-electron chi connectivity index (χ1n) is 7.35. The average Bonchev–Trinajstić information content (AvgIpc) is 2.44. The van der Waals surface area contributed by atoms with E-state index in [0.717, 1.165) is 24.6 Å². The van der Waals surface area contributed by atoms with Gasteiger partial charge in [0.25, 0.3) is 0 Å². The lowest BCUT2D eigenvalue weighted by Crippen LogP contribution is -2.39. The molecule has 19 heavy (non-hydrogen) atoms. The highest BCUT2D eigenvalue weighted by molar-refractivity contribution is 5.27. The number of likely N-dealkylation sites (tertiary alicyclic amines) is 1. The smallest absolute Gasteiger partial charge is 0.126 e. The van der Waals surface area contributed by atoms with Gasteiger partial charge in [0.1, 0.15) is 5.82 Å². The van der Waals surface area contributed by atoms with E-state index in [0.29, 0.717) is 12.1 Å². The molecule has 1 aromatic carbocycles. The topological polar surface area (TPSA) is 29.3 Å². The minimum atomic E-state index is -0.135. The number of hydrogen-bond acceptors (Lipinski definition) is 2. The van der Waals surface area contributed by atoms with Crippen LogP contribution in [0.5, 0.6) is 0 Å². The predicted molar refractivity (Wildman–Crippen MR) is 77.5 cm³/mol. The fourth-order valence-electron chi connectivity index (χ4n) is 3.04. The zero-order chi connectivity index (χ0) is 13.8. The monoisotopic (exact) mass is 264 g/mol. The van der Waals surface area contributed by atoms with Gasteiger partial charge in [0, 0.05) is 12.6 Å². The Bertz CT molecular complexity index is 411. The fourth-order valence-corrected chi connectivity index (χ4v) is 3.04. The van der Waals surface area contributed by atoms with Gasteiger partial charge in [0.15, 0.2) is 0 Å². The van der Waals surface area contributed by atoms with Gasteiger partial charge in [-0.1, -0.05) is 25.5 Å².